The fourth-order valence-corrected chi connectivity index (χ4v) is 2.60. The molecule has 2 atom stereocenters. The Labute approximate surface area is 120 Å². The lowest BCUT2D eigenvalue weighted by molar-refractivity contribution is -0.122. The number of likely N-dealkylation sites (tertiary alicyclic amines) is 1. The van der Waals surface area contributed by atoms with Crippen molar-refractivity contribution in [1.29, 1.82) is 0 Å². The van der Waals surface area contributed by atoms with Crippen molar-refractivity contribution in [2.75, 3.05) is 19.6 Å². The Morgan fingerprint density at radius 2 is 2.10 bits per heavy atom. The Morgan fingerprint density at radius 1 is 1.35 bits per heavy atom. The van der Waals surface area contributed by atoms with Gasteiger partial charge in [-0.2, -0.15) is 0 Å². The van der Waals surface area contributed by atoms with E-state index in [1.807, 2.05) is 20.8 Å². The third-order valence-electron chi connectivity index (χ3n) is 3.58. The van der Waals surface area contributed by atoms with Gasteiger partial charge in [-0.05, 0) is 33.6 Å². The molecule has 0 aromatic heterocycles. The number of amides is 2. The highest BCUT2D eigenvalue weighted by molar-refractivity contribution is 5.76. The van der Waals surface area contributed by atoms with E-state index in [0.29, 0.717) is 31.6 Å². The molecule has 2 amide bonds. The zero-order valence-electron chi connectivity index (χ0n) is 12.6. The highest BCUT2D eigenvalue weighted by atomic mass is 16.6. The summed E-state index contributed by atoms with van der Waals surface area (Å²) < 4.78 is 5.38. The minimum absolute atomic E-state index is 0.129. The van der Waals surface area contributed by atoms with Crippen LogP contribution < -0.4 is 10.6 Å². The van der Waals surface area contributed by atoms with Gasteiger partial charge in [0.05, 0.1) is 0 Å². The predicted molar refractivity (Wildman–Crippen MR) is 75.4 cm³/mol. The molecule has 2 heterocycles. The molecule has 20 heavy (non-hydrogen) atoms. The molecule has 2 aliphatic rings. The molecule has 6 nitrogen and oxygen atoms in total. The number of ether oxygens (including phenoxy) is 1. The summed E-state index contributed by atoms with van der Waals surface area (Å²) in [4.78, 5) is 24.8. The molecule has 6 heteroatoms. The number of nitrogens with one attached hydrogen (secondary N) is 2. The van der Waals surface area contributed by atoms with Crippen LogP contribution in [0.25, 0.3) is 0 Å². The first-order chi connectivity index (χ1) is 9.33. The van der Waals surface area contributed by atoms with Crippen LogP contribution in [0.3, 0.4) is 0 Å². The van der Waals surface area contributed by atoms with Crippen molar-refractivity contribution in [2.24, 2.45) is 0 Å². The van der Waals surface area contributed by atoms with Gasteiger partial charge in [-0.15, -0.1) is 0 Å². The Kier molecular flexibility index (Phi) is 4.52. The molecule has 0 radical (unpaired) electrons. The van der Waals surface area contributed by atoms with Crippen LogP contribution in [0.5, 0.6) is 0 Å². The van der Waals surface area contributed by atoms with E-state index >= 15 is 0 Å². The standard InChI is InChI=1S/C14H25N3O3/c1-14(2,3)20-13(19)17-7-6-11(9-17)16-10-4-5-12(18)15-8-10/h10-11,16H,4-9H2,1-3H3,(H,15,18). The zero-order chi connectivity index (χ0) is 14.8. The lowest BCUT2D eigenvalue weighted by Gasteiger charge is -2.27. The number of hydrogen-bond donors (Lipinski definition) is 2. The molecular formula is C14H25N3O3. The number of carbonyl (C=O) groups is 2. The van der Waals surface area contributed by atoms with Crippen molar-refractivity contribution in [3.8, 4) is 0 Å². The van der Waals surface area contributed by atoms with Crippen molar-refractivity contribution in [1.82, 2.24) is 15.5 Å². The second-order valence-electron chi connectivity index (χ2n) is 6.62. The Morgan fingerprint density at radius 3 is 2.70 bits per heavy atom. The van der Waals surface area contributed by atoms with Crippen LogP contribution in [-0.4, -0.2) is 54.2 Å². The van der Waals surface area contributed by atoms with E-state index < -0.39 is 5.60 Å². The minimum atomic E-state index is -0.448. The molecular weight excluding hydrogens is 258 g/mol. The summed E-state index contributed by atoms with van der Waals surface area (Å²) >= 11 is 0. The van der Waals surface area contributed by atoms with Gasteiger partial charge in [-0.1, -0.05) is 0 Å². The zero-order valence-corrected chi connectivity index (χ0v) is 12.6. The molecule has 2 N–H and O–H groups in total. The first kappa shape index (κ1) is 15.1. The minimum Gasteiger partial charge on any atom is -0.444 e. The van der Waals surface area contributed by atoms with E-state index in [0.717, 1.165) is 19.4 Å². The van der Waals surface area contributed by atoms with Gasteiger partial charge in [-0.25, -0.2) is 4.79 Å². The van der Waals surface area contributed by atoms with Crippen molar-refractivity contribution in [3.63, 3.8) is 0 Å². The molecule has 0 bridgehead atoms. The summed E-state index contributed by atoms with van der Waals surface area (Å²) in [6.07, 6.45) is 2.15. The quantitative estimate of drug-likeness (QED) is 0.788. The maximum absolute atomic E-state index is 12.0. The van der Waals surface area contributed by atoms with E-state index in [-0.39, 0.29) is 12.0 Å². The van der Waals surface area contributed by atoms with Gasteiger partial charge in [0, 0.05) is 38.1 Å². The molecule has 0 spiro atoms. The second kappa shape index (κ2) is 5.99. The number of carbonyl (C=O) groups excluding carboxylic acids is 2. The first-order valence-electron chi connectivity index (χ1n) is 7.34. The Hall–Kier alpha value is -1.30. The molecule has 2 fully saturated rings. The van der Waals surface area contributed by atoms with Gasteiger partial charge >= 0.3 is 6.09 Å². The molecule has 2 saturated heterocycles. The van der Waals surface area contributed by atoms with Crippen LogP contribution in [0.2, 0.25) is 0 Å². The number of rotatable bonds is 2. The summed E-state index contributed by atoms with van der Waals surface area (Å²) in [5.41, 5.74) is -0.448. The summed E-state index contributed by atoms with van der Waals surface area (Å²) in [7, 11) is 0. The largest absolute Gasteiger partial charge is 0.444 e. The lowest BCUT2D eigenvalue weighted by Crippen LogP contribution is -2.50. The van der Waals surface area contributed by atoms with Gasteiger partial charge in [-0.3, -0.25) is 4.79 Å². The average molecular weight is 283 g/mol. The summed E-state index contributed by atoms with van der Waals surface area (Å²) in [6, 6.07) is 0.610. The summed E-state index contributed by atoms with van der Waals surface area (Å²) in [5.74, 6) is 0.129. The van der Waals surface area contributed by atoms with E-state index in [4.69, 9.17) is 4.74 Å². The van der Waals surface area contributed by atoms with Crippen LogP contribution in [0, 0.1) is 0 Å². The maximum atomic E-state index is 12.0. The average Bonchev–Trinajstić information content (AvgIpc) is 2.79. The normalized spacial score (nSPS) is 27.4. The highest BCUT2D eigenvalue weighted by Gasteiger charge is 2.31. The van der Waals surface area contributed by atoms with Gasteiger partial charge in [0.1, 0.15) is 5.60 Å². The van der Waals surface area contributed by atoms with Crippen molar-refractivity contribution in [3.05, 3.63) is 0 Å². The number of nitrogens with zero attached hydrogens (tertiary/aromatic N) is 1. The molecule has 0 saturated carbocycles. The van der Waals surface area contributed by atoms with Gasteiger partial charge in [0.2, 0.25) is 5.91 Å². The van der Waals surface area contributed by atoms with Gasteiger partial charge in [0.25, 0.3) is 0 Å². The summed E-state index contributed by atoms with van der Waals surface area (Å²) in [6.45, 7) is 7.72. The molecule has 2 aliphatic heterocycles. The van der Waals surface area contributed by atoms with Crippen molar-refractivity contribution >= 4 is 12.0 Å². The third kappa shape index (κ3) is 4.37. The van der Waals surface area contributed by atoms with Crippen molar-refractivity contribution in [2.45, 2.75) is 57.7 Å². The van der Waals surface area contributed by atoms with Gasteiger partial charge in [0.15, 0.2) is 0 Å². The van der Waals surface area contributed by atoms with Crippen LogP contribution in [-0.2, 0) is 9.53 Å². The smallest absolute Gasteiger partial charge is 0.410 e. The van der Waals surface area contributed by atoms with Crippen LogP contribution in [0.15, 0.2) is 0 Å². The van der Waals surface area contributed by atoms with E-state index in [1.54, 1.807) is 4.90 Å². The van der Waals surface area contributed by atoms with Crippen molar-refractivity contribution < 1.29 is 14.3 Å². The summed E-state index contributed by atoms with van der Waals surface area (Å²) in [5, 5.41) is 6.39. The Balaban J connectivity index is 1.75. The Bertz CT molecular complexity index is 368. The topological polar surface area (TPSA) is 70.7 Å². The molecule has 0 aromatic rings. The maximum Gasteiger partial charge on any atom is 0.410 e. The number of hydrogen-bond acceptors (Lipinski definition) is 4. The highest BCUT2D eigenvalue weighted by Crippen LogP contribution is 2.16. The molecule has 2 unspecified atom stereocenters. The molecule has 0 aliphatic carbocycles. The van der Waals surface area contributed by atoms with Crippen LogP contribution in [0.1, 0.15) is 40.0 Å². The van der Waals surface area contributed by atoms with Gasteiger partial charge < -0.3 is 20.3 Å². The molecule has 2 rings (SSSR count). The first-order valence-corrected chi connectivity index (χ1v) is 7.34. The second-order valence-corrected chi connectivity index (χ2v) is 6.62. The van der Waals surface area contributed by atoms with Crippen LogP contribution in [0.4, 0.5) is 4.79 Å². The SMILES string of the molecule is CC(C)(C)OC(=O)N1CCC(NC2CCC(=O)NC2)C1. The van der Waals surface area contributed by atoms with E-state index in [1.165, 1.54) is 0 Å². The number of piperidine rings is 1. The van der Waals surface area contributed by atoms with E-state index in [2.05, 4.69) is 10.6 Å². The fourth-order valence-electron chi connectivity index (χ4n) is 2.60. The third-order valence-corrected chi connectivity index (χ3v) is 3.58. The monoisotopic (exact) mass is 283 g/mol. The lowest BCUT2D eigenvalue weighted by atomic mass is 10.1. The predicted octanol–water partition coefficient (Wildman–Crippen LogP) is 0.864. The molecule has 0 aromatic carbocycles. The fraction of sp³-hybridized carbons (Fsp3) is 0.857. The van der Waals surface area contributed by atoms with E-state index in [9.17, 15) is 9.59 Å². The van der Waals surface area contributed by atoms with Crippen LogP contribution >= 0.6 is 0 Å². The molecule has 114 valence electrons.